The third kappa shape index (κ3) is 17.4. The minimum Gasteiger partial charge on any atom is -0.512 e. The number of alkyl halides is 3. The first-order valence-electron chi connectivity index (χ1n) is 31.3. The standard InChI is InChI=1S/C37H35F3N.C30H30NS.C13H24O2.Ir/c1-35(2,3)22-24-11-13-25(14-12-24)26-15-17-27(18-16-26)31-21-34(41-23-33(31)37(38,39)40)29-19-28-9-7-8-10-30(28)32(20-29)36(4,5)6;1-29(2,3)18-19-11-12-23-24-13-14-31-27(28(24)32-26(23)15-19)21-16-20-9-7-8-10-22(20)25(17-21)30(4,5)6;1-5-10(6-2)12(14)9-13(15)11(7-3)8-4;/h7-18,20-21,23H,22H2,1-6H3;7-15,17H,18H2,1-6H3;9-11,14H,5-8H2,1-4H3;/q2*-1;;/b;;12-9-;. The Labute approximate surface area is 545 Å². The van der Waals surface area contributed by atoms with Crippen LogP contribution in [0.4, 0.5) is 13.2 Å². The molecule has 1 radical (unpaired) electrons. The van der Waals surface area contributed by atoms with E-state index in [0.29, 0.717) is 16.8 Å². The monoisotopic (exact) mass is 1390 g/mol. The summed E-state index contributed by atoms with van der Waals surface area (Å²) in [5.41, 5.74) is 10.5. The van der Waals surface area contributed by atoms with Crippen LogP contribution in [0.5, 0.6) is 0 Å². The van der Waals surface area contributed by atoms with Gasteiger partial charge >= 0.3 is 6.18 Å². The number of fused-ring (bicyclic) bond motifs is 5. The van der Waals surface area contributed by atoms with Crippen molar-refractivity contribution in [3.05, 3.63) is 204 Å². The van der Waals surface area contributed by atoms with E-state index in [1.165, 1.54) is 48.3 Å². The molecule has 0 fully saturated rings. The third-order valence-corrected chi connectivity index (χ3v) is 17.6. The number of aliphatic hydroxyl groups is 1. The SMILES string of the molecule is CC(C)(C)Cc1ccc(-c2ccc(-c3cc(-c4[c-]c5ccccc5c(C(C)(C)C)c4)ncc3C(F)(F)F)cc2)cc1.CC(C)(C)Cc1ccc2c(c1)sc1c(-c3[c-]c4ccccc4c(C(C)(C)C)c3)nccc12.CCC(CC)C(=O)/C=C(\O)C(CC)CC.[Ir]. The van der Waals surface area contributed by atoms with Crippen LogP contribution in [0.2, 0.25) is 0 Å². The topological polar surface area (TPSA) is 63.1 Å². The van der Waals surface area contributed by atoms with Crippen molar-refractivity contribution < 1.29 is 43.2 Å². The Bertz CT molecular complexity index is 4080. The third-order valence-electron chi connectivity index (χ3n) is 16.4. The Morgan fingerprint density at radius 3 is 1.54 bits per heavy atom. The van der Waals surface area contributed by atoms with E-state index in [2.05, 4.69) is 185 Å². The summed E-state index contributed by atoms with van der Waals surface area (Å²) in [7, 11) is 0. The first-order chi connectivity index (χ1) is 41.4. The number of allylic oxidation sites excluding steroid dienone is 2. The number of nitrogens with zero attached hydrogens (tertiary/aromatic N) is 2. The molecule has 0 bridgehead atoms. The average molecular weight is 1390 g/mol. The maximum Gasteiger partial charge on any atom is 0.418 e. The van der Waals surface area contributed by atoms with Gasteiger partial charge in [-0.1, -0.05) is 236 Å². The van der Waals surface area contributed by atoms with Gasteiger partial charge in [-0.25, -0.2) is 0 Å². The van der Waals surface area contributed by atoms with Gasteiger partial charge in [0.05, 0.1) is 11.3 Å². The summed E-state index contributed by atoms with van der Waals surface area (Å²) >= 11 is 1.86. The van der Waals surface area contributed by atoms with E-state index in [4.69, 9.17) is 4.98 Å². The van der Waals surface area contributed by atoms with Crippen LogP contribution in [0.25, 0.3) is 86.5 Å². The Balaban J connectivity index is 0.000000209. The number of carbonyl (C=O) groups is 1. The van der Waals surface area contributed by atoms with Gasteiger partial charge in [0.2, 0.25) is 0 Å². The number of carbonyl (C=O) groups excluding carboxylic acids is 1. The Morgan fingerprint density at radius 1 is 0.539 bits per heavy atom. The number of halogens is 3. The molecule has 3 heterocycles. The summed E-state index contributed by atoms with van der Waals surface area (Å²) < 4.78 is 45.0. The number of aliphatic hydroxyl groups excluding tert-OH is 1. The fourth-order valence-electron chi connectivity index (χ4n) is 11.7. The van der Waals surface area contributed by atoms with Gasteiger partial charge in [0, 0.05) is 71.2 Å². The summed E-state index contributed by atoms with van der Waals surface area (Å²) in [6.45, 7) is 34.8. The molecule has 0 aliphatic heterocycles. The van der Waals surface area contributed by atoms with Crippen LogP contribution in [0, 0.1) is 34.8 Å². The molecule has 0 aliphatic carbocycles. The normalized spacial score (nSPS) is 12.5. The summed E-state index contributed by atoms with van der Waals surface area (Å²) in [5, 5.41) is 16.8. The second kappa shape index (κ2) is 28.6. The molecule has 7 aromatic carbocycles. The van der Waals surface area contributed by atoms with E-state index in [1.54, 1.807) is 18.2 Å². The van der Waals surface area contributed by atoms with Crippen LogP contribution in [0.1, 0.15) is 164 Å². The number of pyridine rings is 2. The molecule has 10 rings (SSSR count). The molecular formula is C80H89F3IrN2O2S-2. The number of benzene rings is 7. The second-order valence-corrected chi connectivity index (χ2v) is 29.2. The van der Waals surface area contributed by atoms with Crippen molar-refractivity contribution >= 4 is 58.8 Å². The molecule has 0 saturated heterocycles. The number of hydrogen-bond donors (Lipinski definition) is 1. The van der Waals surface area contributed by atoms with E-state index in [1.807, 2.05) is 81.6 Å². The van der Waals surface area contributed by atoms with Crippen molar-refractivity contribution in [3.63, 3.8) is 0 Å². The number of aromatic nitrogens is 2. The fraction of sp³-hybridized carbons (Fsp3) is 0.362. The molecule has 0 aliphatic rings. The van der Waals surface area contributed by atoms with E-state index in [-0.39, 0.29) is 70.7 Å². The van der Waals surface area contributed by atoms with Crippen molar-refractivity contribution in [1.29, 1.82) is 0 Å². The molecule has 1 N–H and O–H groups in total. The Morgan fingerprint density at radius 2 is 1.02 bits per heavy atom. The van der Waals surface area contributed by atoms with Crippen LogP contribution in [0.15, 0.2) is 164 Å². The van der Waals surface area contributed by atoms with Gasteiger partial charge in [0.15, 0.2) is 5.78 Å². The van der Waals surface area contributed by atoms with Gasteiger partial charge in [0.25, 0.3) is 0 Å². The average Bonchev–Trinajstić information content (AvgIpc) is 2.17. The van der Waals surface area contributed by atoms with E-state index in [9.17, 15) is 23.1 Å². The van der Waals surface area contributed by atoms with Crippen LogP contribution >= 0.6 is 11.3 Å². The molecule has 9 heteroatoms. The van der Waals surface area contributed by atoms with Crippen molar-refractivity contribution in [2.75, 3.05) is 0 Å². The maximum atomic E-state index is 14.1. The van der Waals surface area contributed by atoms with Gasteiger partial charge in [-0.2, -0.15) is 13.2 Å². The van der Waals surface area contributed by atoms with Crippen LogP contribution in [-0.2, 0) is 54.7 Å². The van der Waals surface area contributed by atoms with Gasteiger partial charge in [0.1, 0.15) is 0 Å². The van der Waals surface area contributed by atoms with E-state index >= 15 is 0 Å². The number of rotatable bonds is 13. The van der Waals surface area contributed by atoms with Crippen molar-refractivity contribution in [3.8, 4) is 44.8 Å². The number of thiophene rings is 1. The maximum absolute atomic E-state index is 14.1. The van der Waals surface area contributed by atoms with Crippen molar-refractivity contribution in [1.82, 2.24) is 9.97 Å². The zero-order valence-electron chi connectivity index (χ0n) is 55.0. The molecule has 0 saturated carbocycles. The Hall–Kier alpha value is -6.77. The minimum atomic E-state index is -4.54. The van der Waals surface area contributed by atoms with Crippen LogP contribution in [-0.4, -0.2) is 20.9 Å². The summed E-state index contributed by atoms with van der Waals surface area (Å²) in [4.78, 5) is 20.9. The molecule has 0 unspecified atom stereocenters. The molecule has 0 spiro atoms. The van der Waals surface area contributed by atoms with E-state index in [0.717, 1.165) is 88.8 Å². The molecule has 0 atom stereocenters. The second-order valence-electron chi connectivity index (χ2n) is 28.1. The molecule has 469 valence electrons. The number of ketones is 1. The molecule has 89 heavy (non-hydrogen) atoms. The zero-order valence-corrected chi connectivity index (χ0v) is 58.2. The molecule has 10 aromatic rings. The molecule has 3 aromatic heterocycles. The predicted octanol–water partition coefficient (Wildman–Crippen LogP) is 23.8. The Kier molecular flexibility index (Phi) is 22.4. The summed E-state index contributed by atoms with van der Waals surface area (Å²) in [6, 6.07) is 54.3. The van der Waals surface area contributed by atoms with Crippen molar-refractivity contribution in [2.45, 2.75) is 166 Å². The molecule has 4 nitrogen and oxygen atoms in total. The van der Waals surface area contributed by atoms with Gasteiger partial charge in [-0.3, -0.25) is 14.8 Å². The smallest absolute Gasteiger partial charge is 0.418 e. The quantitative estimate of drug-likeness (QED) is 0.0710. The van der Waals surface area contributed by atoms with Crippen LogP contribution < -0.4 is 0 Å². The number of hydrogen-bond acceptors (Lipinski definition) is 5. The molecular weight excluding hydrogens is 1300 g/mol. The minimum absolute atomic E-state index is 0. The van der Waals surface area contributed by atoms with Crippen molar-refractivity contribution in [2.24, 2.45) is 22.7 Å². The van der Waals surface area contributed by atoms with E-state index < -0.39 is 11.7 Å². The predicted molar refractivity (Wildman–Crippen MR) is 368 cm³/mol. The largest absolute Gasteiger partial charge is 0.512 e. The fourth-order valence-corrected chi connectivity index (χ4v) is 13.0. The zero-order chi connectivity index (χ0) is 64.1. The van der Waals surface area contributed by atoms with Gasteiger partial charge in [-0.15, -0.1) is 69.6 Å². The molecule has 0 amide bonds. The summed E-state index contributed by atoms with van der Waals surface area (Å²) in [5.74, 6) is 0.547. The summed E-state index contributed by atoms with van der Waals surface area (Å²) in [6.07, 6.45) is 5.33. The van der Waals surface area contributed by atoms with Gasteiger partial charge in [-0.05, 0) is 116 Å². The van der Waals surface area contributed by atoms with Gasteiger partial charge < -0.3 is 5.11 Å². The first kappa shape index (κ1) is 69.7. The first-order valence-corrected chi connectivity index (χ1v) is 32.1. The van der Waals surface area contributed by atoms with Crippen LogP contribution in [0.3, 0.4) is 0 Å².